The molecule has 0 aromatic heterocycles. The second-order valence-electron chi connectivity index (χ2n) is 3.61. The quantitative estimate of drug-likeness (QED) is 0.606. The van der Waals surface area contributed by atoms with Crippen molar-refractivity contribution >= 4 is 8.80 Å². The third kappa shape index (κ3) is 2.10. The molecule has 1 aliphatic rings. The van der Waals surface area contributed by atoms with Crippen LogP contribution >= 0.6 is 0 Å². The van der Waals surface area contributed by atoms with Gasteiger partial charge in [-0.1, -0.05) is 38.7 Å². The van der Waals surface area contributed by atoms with Crippen molar-refractivity contribution in [3.05, 3.63) is 0 Å². The Balaban J connectivity index is 2.24. The maximum Gasteiger partial charge on any atom is 0.0524 e. The fourth-order valence-corrected chi connectivity index (χ4v) is 3.89. The van der Waals surface area contributed by atoms with Gasteiger partial charge in [0.2, 0.25) is 0 Å². The average Bonchev–Trinajstić information content (AvgIpc) is 2.05. The van der Waals surface area contributed by atoms with E-state index >= 15 is 0 Å². The number of rotatable bonds is 2. The lowest BCUT2D eigenvalue weighted by atomic mass is 10.0. The largest absolute Gasteiger partial charge is 0.333 e. The maximum absolute atomic E-state index is 5.66. The lowest BCUT2D eigenvalue weighted by Crippen LogP contribution is -2.28. The normalized spacial score (nSPS) is 24.6. The van der Waals surface area contributed by atoms with Gasteiger partial charge in [-0.2, -0.15) is 0 Å². The summed E-state index contributed by atoms with van der Waals surface area (Å²) in [6.07, 6.45) is 8.42. The first-order valence-electron chi connectivity index (χ1n) is 4.54. The topological polar surface area (TPSA) is 26.0 Å². The van der Waals surface area contributed by atoms with Gasteiger partial charge in [0.05, 0.1) is 8.80 Å². The first-order chi connectivity index (χ1) is 4.84. The van der Waals surface area contributed by atoms with Gasteiger partial charge in [-0.25, -0.2) is 0 Å². The van der Waals surface area contributed by atoms with E-state index in [9.17, 15) is 0 Å². The van der Waals surface area contributed by atoms with Crippen molar-refractivity contribution in [1.29, 1.82) is 0 Å². The fraction of sp³-hybridized carbons (Fsp3) is 1.00. The Hall–Kier alpha value is 0.177. The van der Waals surface area contributed by atoms with Crippen LogP contribution < -0.4 is 5.73 Å². The van der Waals surface area contributed by atoms with Crippen molar-refractivity contribution in [2.75, 3.05) is 6.17 Å². The molecule has 0 spiro atoms. The zero-order chi connectivity index (χ0) is 7.40. The van der Waals surface area contributed by atoms with Gasteiger partial charge in [-0.05, 0) is 11.7 Å². The van der Waals surface area contributed by atoms with Gasteiger partial charge in [0, 0.05) is 0 Å². The van der Waals surface area contributed by atoms with E-state index < -0.39 is 8.80 Å². The summed E-state index contributed by atoms with van der Waals surface area (Å²) >= 11 is 0. The minimum Gasteiger partial charge on any atom is -0.333 e. The lowest BCUT2D eigenvalue weighted by molar-refractivity contribution is 0.496. The summed E-state index contributed by atoms with van der Waals surface area (Å²) in [5.41, 5.74) is 6.75. The summed E-state index contributed by atoms with van der Waals surface area (Å²) in [5.74, 6) is 0. The Labute approximate surface area is 65.6 Å². The van der Waals surface area contributed by atoms with Crippen LogP contribution in [0.1, 0.15) is 32.1 Å². The standard InChI is InChI=1S/C8H19NSi/c1-10(7-9)8-5-3-2-4-6-8/h8,10H,2-7,9H2,1H3. The second kappa shape index (κ2) is 4.14. The summed E-state index contributed by atoms with van der Waals surface area (Å²) in [7, 11) is -0.485. The van der Waals surface area contributed by atoms with E-state index in [0.29, 0.717) is 0 Å². The average molecular weight is 157 g/mol. The Morgan fingerprint density at radius 2 is 1.90 bits per heavy atom. The molecule has 1 atom stereocenters. The van der Waals surface area contributed by atoms with Gasteiger partial charge >= 0.3 is 0 Å². The zero-order valence-corrected chi connectivity index (χ0v) is 8.13. The van der Waals surface area contributed by atoms with E-state index in [2.05, 4.69) is 6.55 Å². The molecule has 1 aliphatic carbocycles. The Morgan fingerprint density at radius 3 is 2.40 bits per heavy atom. The van der Waals surface area contributed by atoms with Crippen LogP contribution in [0.5, 0.6) is 0 Å². The van der Waals surface area contributed by atoms with Crippen LogP contribution in [0.25, 0.3) is 0 Å². The highest BCUT2D eigenvalue weighted by atomic mass is 28.3. The molecule has 1 fully saturated rings. The molecule has 10 heavy (non-hydrogen) atoms. The maximum atomic E-state index is 5.66. The first-order valence-corrected chi connectivity index (χ1v) is 7.18. The third-order valence-electron chi connectivity index (χ3n) is 2.83. The van der Waals surface area contributed by atoms with Gasteiger partial charge in [0.25, 0.3) is 0 Å². The molecule has 0 aromatic rings. The molecule has 0 radical (unpaired) electrons. The molecule has 1 saturated carbocycles. The highest BCUT2D eigenvalue weighted by Crippen LogP contribution is 2.30. The van der Waals surface area contributed by atoms with Crippen molar-refractivity contribution in [2.24, 2.45) is 5.73 Å². The molecule has 1 unspecified atom stereocenters. The van der Waals surface area contributed by atoms with Gasteiger partial charge in [0.1, 0.15) is 0 Å². The molecule has 60 valence electrons. The van der Waals surface area contributed by atoms with Crippen LogP contribution in [0.2, 0.25) is 12.1 Å². The molecule has 1 rings (SSSR count). The SMILES string of the molecule is C[SiH](CN)C1CCCCC1. The van der Waals surface area contributed by atoms with Crippen molar-refractivity contribution in [3.8, 4) is 0 Å². The van der Waals surface area contributed by atoms with E-state index in [-0.39, 0.29) is 0 Å². The van der Waals surface area contributed by atoms with Crippen LogP contribution in [0.15, 0.2) is 0 Å². The summed E-state index contributed by atoms with van der Waals surface area (Å²) in [5, 5.41) is 0. The molecular weight excluding hydrogens is 138 g/mol. The molecule has 0 saturated heterocycles. The first kappa shape index (κ1) is 8.28. The Morgan fingerprint density at radius 1 is 1.30 bits per heavy atom. The number of nitrogens with two attached hydrogens (primary N) is 1. The van der Waals surface area contributed by atoms with Crippen molar-refractivity contribution in [1.82, 2.24) is 0 Å². The predicted octanol–water partition coefficient (Wildman–Crippen LogP) is 1.68. The minimum absolute atomic E-state index is 0.485. The van der Waals surface area contributed by atoms with E-state index in [1.54, 1.807) is 0 Å². The molecule has 2 N–H and O–H groups in total. The summed E-state index contributed by atoms with van der Waals surface area (Å²) < 4.78 is 0. The van der Waals surface area contributed by atoms with Crippen molar-refractivity contribution < 1.29 is 0 Å². The van der Waals surface area contributed by atoms with Gasteiger partial charge in [-0.15, -0.1) is 0 Å². The Bertz CT molecular complexity index is 89.3. The Kier molecular flexibility index (Phi) is 3.42. The van der Waals surface area contributed by atoms with E-state index in [0.717, 1.165) is 11.7 Å². The van der Waals surface area contributed by atoms with Crippen molar-refractivity contribution in [3.63, 3.8) is 0 Å². The predicted molar refractivity (Wildman–Crippen MR) is 48.9 cm³/mol. The highest BCUT2D eigenvalue weighted by Gasteiger charge is 2.19. The smallest absolute Gasteiger partial charge is 0.0524 e. The van der Waals surface area contributed by atoms with Gasteiger partial charge in [0.15, 0.2) is 0 Å². The van der Waals surface area contributed by atoms with Crippen LogP contribution in [-0.2, 0) is 0 Å². The molecule has 0 aromatic carbocycles. The highest BCUT2D eigenvalue weighted by molar-refractivity contribution is 6.59. The van der Waals surface area contributed by atoms with Crippen molar-refractivity contribution in [2.45, 2.75) is 44.2 Å². The van der Waals surface area contributed by atoms with E-state index in [4.69, 9.17) is 5.73 Å². The molecule has 0 heterocycles. The van der Waals surface area contributed by atoms with Crippen LogP contribution in [-0.4, -0.2) is 15.0 Å². The molecular formula is C8H19NSi. The summed E-state index contributed by atoms with van der Waals surface area (Å²) in [6.45, 7) is 2.43. The van der Waals surface area contributed by atoms with Gasteiger partial charge < -0.3 is 5.73 Å². The van der Waals surface area contributed by atoms with Crippen LogP contribution in [0, 0.1) is 0 Å². The number of hydrogen-bond acceptors (Lipinski definition) is 1. The fourth-order valence-electron chi connectivity index (χ4n) is 1.90. The summed E-state index contributed by atoms with van der Waals surface area (Å²) in [4.78, 5) is 0. The van der Waals surface area contributed by atoms with E-state index in [1.807, 2.05) is 0 Å². The van der Waals surface area contributed by atoms with Gasteiger partial charge in [-0.3, -0.25) is 0 Å². The molecule has 2 heteroatoms. The number of hydrogen-bond donors (Lipinski definition) is 1. The van der Waals surface area contributed by atoms with E-state index in [1.165, 1.54) is 32.1 Å². The zero-order valence-electron chi connectivity index (χ0n) is 6.97. The lowest BCUT2D eigenvalue weighted by Gasteiger charge is -2.25. The molecule has 0 amide bonds. The van der Waals surface area contributed by atoms with Crippen LogP contribution in [0.3, 0.4) is 0 Å². The third-order valence-corrected chi connectivity index (χ3v) is 5.85. The monoisotopic (exact) mass is 157 g/mol. The summed E-state index contributed by atoms with van der Waals surface area (Å²) in [6, 6.07) is 0. The van der Waals surface area contributed by atoms with Crippen LogP contribution in [0.4, 0.5) is 0 Å². The molecule has 0 bridgehead atoms. The molecule has 0 aliphatic heterocycles. The molecule has 1 nitrogen and oxygen atoms in total. The minimum atomic E-state index is -0.485. The second-order valence-corrected chi connectivity index (χ2v) is 6.98.